The second-order valence-corrected chi connectivity index (χ2v) is 9.25. The molecule has 0 aliphatic carbocycles. The van der Waals surface area contributed by atoms with Crippen LogP contribution in [0, 0.1) is 0 Å². The van der Waals surface area contributed by atoms with Crippen molar-refractivity contribution in [1.82, 2.24) is 0 Å². The van der Waals surface area contributed by atoms with E-state index >= 15 is 0 Å². The monoisotopic (exact) mass is 356 g/mol. The molecule has 0 saturated heterocycles. The van der Waals surface area contributed by atoms with Crippen LogP contribution in [0.3, 0.4) is 0 Å². The zero-order valence-electron chi connectivity index (χ0n) is 16.8. The van der Waals surface area contributed by atoms with Gasteiger partial charge in [-0.25, -0.2) is 0 Å². The fourth-order valence-electron chi connectivity index (χ4n) is 3.28. The third-order valence-corrected chi connectivity index (χ3v) is 4.68. The molecule has 0 saturated carbocycles. The Morgan fingerprint density at radius 2 is 1.00 bits per heavy atom. The molecule has 2 aromatic carbocycles. The van der Waals surface area contributed by atoms with Gasteiger partial charge in [-0.3, -0.25) is 0 Å². The molecule has 3 N–H and O–H groups in total. The van der Waals surface area contributed by atoms with Crippen molar-refractivity contribution in [1.29, 1.82) is 0 Å². The summed E-state index contributed by atoms with van der Waals surface area (Å²) in [7, 11) is 0. The van der Waals surface area contributed by atoms with Gasteiger partial charge in [0.1, 0.15) is 17.2 Å². The standard InChI is InChI=1S/C23H32O3/c1-22(2,3)19-12-16(13-20(21(19)26)23(4,5)6)9-7-8-15-10-17(24)14-18(25)11-15/h10-14,24-26H,7-9H2,1-6H3. The molecule has 0 aliphatic rings. The molecule has 0 amide bonds. The number of phenols is 3. The molecule has 142 valence electrons. The number of aryl methyl sites for hydroxylation is 2. The molecule has 3 nitrogen and oxygen atoms in total. The summed E-state index contributed by atoms with van der Waals surface area (Å²) in [5.74, 6) is 0.594. The summed E-state index contributed by atoms with van der Waals surface area (Å²) in [6, 6.07) is 8.96. The molecule has 0 unspecified atom stereocenters. The second kappa shape index (κ2) is 7.22. The zero-order valence-corrected chi connectivity index (χ0v) is 16.8. The predicted octanol–water partition coefficient (Wildman–Crippen LogP) is 5.57. The average Bonchev–Trinajstić information content (AvgIpc) is 2.45. The molecule has 0 fully saturated rings. The van der Waals surface area contributed by atoms with Crippen molar-refractivity contribution < 1.29 is 15.3 Å². The van der Waals surface area contributed by atoms with E-state index in [2.05, 4.69) is 53.7 Å². The summed E-state index contributed by atoms with van der Waals surface area (Å²) in [6.45, 7) is 12.7. The Kier molecular flexibility index (Phi) is 5.60. The van der Waals surface area contributed by atoms with E-state index in [0.29, 0.717) is 5.75 Å². The van der Waals surface area contributed by atoms with Crippen LogP contribution in [0.5, 0.6) is 17.2 Å². The Hall–Kier alpha value is -2.16. The first-order chi connectivity index (χ1) is 11.9. The lowest BCUT2D eigenvalue weighted by Crippen LogP contribution is -2.18. The van der Waals surface area contributed by atoms with Gasteiger partial charge < -0.3 is 15.3 Å². The lowest BCUT2D eigenvalue weighted by molar-refractivity contribution is 0.422. The van der Waals surface area contributed by atoms with E-state index in [9.17, 15) is 15.3 Å². The van der Waals surface area contributed by atoms with Gasteiger partial charge in [0.05, 0.1) is 0 Å². The Bertz CT molecular complexity index is 722. The van der Waals surface area contributed by atoms with Crippen LogP contribution in [0.1, 0.15) is 70.2 Å². The van der Waals surface area contributed by atoms with Gasteiger partial charge in [-0.05, 0) is 64.5 Å². The van der Waals surface area contributed by atoms with Crippen LogP contribution in [0.25, 0.3) is 0 Å². The fraction of sp³-hybridized carbons (Fsp3) is 0.478. The Balaban J connectivity index is 2.26. The van der Waals surface area contributed by atoms with E-state index in [1.54, 1.807) is 12.1 Å². The molecule has 3 heteroatoms. The average molecular weight is 357 g/mol. The van der Waals surface area contributed by atoms with Crippen molar-refractivity contribution in [3.63, 3.8) is 0 Å². The molecule has 0 aliphatic heterocycles. The minimum absolute atomic E-state index is 0.0923. The van der Waals surface area contributed by atoms with Gasteiger partial charge >= 0.3 is 0 Å². The van der Waals surface area contributed by atoms with Crippen molar-refractivity contribution in [3.8, 4) is 17.2 Å². The van der Waals surface area contributed by atoms with Gasteiger partial charge in [0.15, 0.2) is 0 Å². The maximum absolute atomic E-state index is 10.8. The topological polar surface area (TPSA) is 60.7 Å². The SMILES string of the molecule is CC(C)(C)c1cc(CCCc2cc(O)cc(O)c2)cc(C(C)(C)C)c1O. The molecule has 2 aromatic rings. The Morgan fingerprint density at radius 1 is 0.615 bits per heavy atom. The quantitative estimate of drug-likeness (QED) is 0.671. The molecule has 2 rings (SSSR count). The molecule has 0 heterocycles. The summed E-state index contributed by atoms with van der Waals surface area (Å²) in [6.07, 6.45) is 2.56. The number of phenolic OH excluding ortho intramolecular Hbond substituents is 3. The third kappa shape index (κ3) is 4.94. The fourth-order valence-corrected chi connectivity index (χ4v) is 3.28. The number of hydrogen-bond donors (Lipinski definition) is 3. The number of rotatable bonds is 4. The smallest absolute Gasteiger partial charge is 0.123 e. The number of aromatic hydroxyl groups is 3. The zero-order chi connectivity index (χ0) is 19.7. The lowest BCUT2D eigenvalue weighted by Gasteiger charge is -2.28. The molecule has 0 aromatic heterocycles. The first kappa shape index (κ1) is 20.2. The van der Waals surface area contributed by atoms with Gasteiger partial charge in [0.2, 0.25) is 0 Å². The van der Waals surface area contributed by atoms with E-state index < -0.39 is 0 Å². The van der Waals surface area contributed by atoms with Crippen LogP contribution in [0.4, 0.5) is 0 Å². The maximum Gasteiger partial charge on any atom is 0.123 e. The van der Waals surface area contributed by atoms with Crippen molar-refractivity contribution in [2.45, 2.75) is 71.6 Å². The molecule has 0 atom stereocenters. The maximum atomic E-state index is 10.8. The summed E-state index contributed by atoms with van der Waals surface area (Å²) < 4.78 is 0. The van der Waals surface area contributed by atoms with E-state index in [1.807, 2.05) is 0 Å². The highest BCUT2D eigenvalue weighted by Crippen LogP contribution is 2.40. The van der Waals surface area contributed by atoms with E-state index in [4.69, 9.17) is 0 Å². The second-order valence-electron chi connectivity index (χ2n) is 9.25. The Morgan fingerprint density at radius 3 is 1.38 bits per heavy atom. The van der Waals surface area contributed by atoms with E-state index in [0.717, 1.165) is 36.0 Å². The van der Waals surface area contributed by atoms with Crippen LogP contribution < -0.4 is 0 Å². The Labute approximate surface area is 157 Å². The predicted molar refractivity (Wildman–Crippen MR) is 107 cm³/mol. The molecular formula is C23H32O3. The van der Waals surface area contributed by atoms with Gasteiger partial charge in [-0.15, -0.1) is 0 Å². The number of hydrogen-bond acceptors (Lipinski definition) is 3. The van der Waals surface area contributed by atoms with Crippen LogP contribution >= 0.6 is 0 Å². The molecular weight excluding hydrogens is 324 g/mol. The van der Waals surface area contributed by atoms with Crippen LogP contribution in [0.2, 0.25) is 0 Å². The van der Waals surface area contributed by atoms with Crippen molar-refractivity contribution in [3.05, 3.63) is 52.6 Å². The molecule has 0 spiro atoms. The first-order valence-corrected chi connectivity index (χ1v) is 9.26. The summed E-state index contributed by atoms with van der Waals surface area (Å²) in [5, 5.41) is 30.0. The van der Waals surface area contributed by atoms with E-state index in [-0.39, 0.29) is 22.3 Å². The highest BCUT2D eigenvalue weighted by Gasteiger charge is 2.26. The minimum atomic E-state index is -0.128. The summed E-state index contributed by atoms with van der Waals surface area (Å²) >= 11 is 0. The lowest BCUT2D eigenvalue weighted by atomic mass is 9.78. The molecule has 0 radical (unpaired) electrons. The third-order valence-electron chi connectivity index (χ3n) is 4.68. The van der Waals surface area contributed by atoms with Crippen molar-refractivity contribution >= 4 is 0 Å². The highest BCUT2D eigenvalue weighted by atomic mass is 16.3. The summed E-state index contributed by atoms with van der Waals surface area (Å²) in [4.78, 5) is 0. The van der Waals surface area contributed by atoms with Gasteiger partial charge in [-0.1, -0.05) is 53.7 Å². The highest BCUT2D eigenvalue weighted by molar-refractivity contribution is 5.50. The van der Waals surface area contributed by atoms with Gasteiger partial charge in [0.25, 0.3) is 0 Å². The molecule has 0 bridgehead atoms. The minimum Gasteiger partial charge on any atom is -0.508 e. The van der Waals surface area contributed by atoms with Gasteiger partial charge in [-0.2, -0.15) is 0 Å². The summed E-state index contributed by atoms with van der Waals surface area (Å²) in [5.41, 5.74) is 3.84. The van der Waals surface area contributed by atoms with Crippen molar-refractivity contribution in [2.75, 3.05) is 0 Å². The largest absolute Gasteiger partial charge is 0.508 e. The van der Waals surface area contributed by atoms with Crippen LogP contribution in [0.15, 0.2) is 30.3 Å². The molecule has 26 heavy (non-hydrogen) atoms. The van der Waals surface area contributed by atoms with Gasteiger partial charge in [0, 0.05) is 6.07 Å². The van der Waals surface area contributed by atoms with Crippen LogP contribution in [-0.2, 0) is 23.7 Å². The van der Waals surface area contributed by atoms with Crippen molar-refractivity contribution in [2.24, 2.45) is 0 Å². The number of benzene rings is 2. The van der Waals surface area contributed by atoms with E-state index in [1.165, 1.54) is 11.6 Å². The first-order valence-electron chi connectivity index (χ1n) is 9.26. The van der Waals surface area contributed by atoms with Crippen LogP contribution in [-0.4, -0.2) is 15.3 Å². The normalized spacial score (nSPS) is 12.4.